The van der Waals surface area contributed by atoms with E-state index in [0.29, 0.717) is 24.2 Å². The topological polar surface area (TPSA) is 45.2 Å². The quantitative estimate of drug-likeness (QED) is 0.293. The minimum Gasteiger partial charge on any atom is -0.508 e. The predicted octanol–water partition coefficient (Wildman–Crippen LogP) is 7.33. The molecule has 2 saturated heterocycles. The molecule has 2 heterocycles. The van der Waals surface area contributed by atoms with E-state index < -0.39 is 5.79 Å². The molecular weight excluding hydrogens is 520 g/mol. The molecule has 0 aromatic heterocycles. The Morgan fingerprint density at radius 2 is 1.74 bits per heavy atom. The fourth-order valence-electron chi connectivity index (χ4n) is 7.62. The standard InChI is InChI=1S/C37H48N2O3/c1-4-20-38(24-27(2)3)25-33-26-41-37(42-33)18-21-39(22-19-37)31-13-10-29(11-14-31)36-34(28-8-6-5-7-9-28)16-12-30-23-32(40)15-17-35(30)36/h5-11,13-15,17,23,27,33-34,36,40H,4,12,16,18-22,24-26H2,1-3H3/t33?,34?,36-/m0/s1. The van der Waals surface area contributed by atoms with Gasteiger partial charge in [-0.3, -0.25) is 0 Å². The highest BCUT2D eigenvalue weighted by molar-refractivity contribution is 5.52. The maximum atomic E-state index is 10.2. The zero-order valence-corrected chi connectivity index (χ0v) is 25.7. The summed E-state index contributed by atoms with van der Waals surface area (Å²) in [5, 5.41) is 10.2. The molecule has 1 spiro atoms. The molecule has 0 amide bonds. The monoisotopic (exact) mass is 568 g/mol. The van der Waals surface area contributed by atoms with Gasteiger partial charge >= 0.3 is 0 Å². The second-order valence-electron chi connectivity index (χ2n) is 13.1. The lowest BCUT2D eigenvalue weighted by Gasteiger charge is -2.39. The van der Waals surface area contributed by atoms with Gasteiger partial charge in [-0.25, -0.2) is 0 Å². The molecule has 3 aliphatic rings. The van der Waals surface area contributed by atoms with Gasteiger partial charge in [-0.05, 0) is 84.2 Å². The Hall–Kier alpha value is -2.86. The Bertz CT molecular complexity index is 1300. The minimum absolute atomic E-state index is 0.166. The highest BCUT2D eigenvalue weighted by Gasteiger charge is 2.44. The van der Waals surface area contributed by atoms with Crippen LogP contribution in [-0.4, -0.2) is 61.2 Å². The van der Waals surface area contributed by atoms with Gasteiger partial charge in [0, 0.05) is 50.6 Å². The molecule has 0 radical (unpaired) electrons. The summed E-state index contributed by atoms with van der Waals surface area (Å²) in [6.45, 7) is 12.6. The van der Waals surface area contributed by atoms with Crippen molar-refractivity contribution in [3.8, 4) is 5.75 Å². The first-order chi connectivity index (χ1) is 20.4. The van der Waals surface area contributed by atoms with Crippen LogP contribution in [0.15, 0.2) is 72.8 Å². The van der Waals surface area contributed by atoms with Gasteiger partial charge in [-0.15, -0.1) is 0 Å². The van der Waals surface area contributed by atoms with Crippen molar-refractivity contribution in [2.75, 3.05) is 44.2 Å². The minimum atomic E-state index is -0.420. The van der Waals surface area contributed by atoms with E-state index in [1.54, 1.807) is 0 Å². The number of benzene rings is 3. The van der Waals surface area contributed by atoms with Crippen molar-refractivity contribution in [2.45, 2.75) is 76.6 Å². The number of anilines is 1. The number of nitrogens with zero attached hydrogens (tertiary/aromatic N) is 2. The SMILES string of the molecule is CCCN(CC(C)C)CC1COC2(CCN(c3ccc([C@@H]4c5ccc(O)cc5CCC4c4ccccc4)cc3)CC2)O1. The molecule has 1 N–H and O–H groups in total. The van der Waals surface area contributed by atoms with Crippen LogP contribution in [0.1, 0.15) is 80.5 Å². The Morgan fingerprint density at radius 3 is 2.45 bits per heavy atom. The number of aromatic hydroxyl groups is 1. The molecule has 6 rings (SSSR count). The van der Waals surface area contributed by atoms with Crippen LogP contribution in [0.5, 0.6) is 5.75 Å². The fraction of sp³-hybridized carbons (Fsp3) is 0.514. The third-order valence-corrected chi connectivity index (χ3v) is 9.50. The van der Waals surface area contributed by atoms with E-state index >= 15 is 0 Å². The smallest absolute Gasteiger partial charge is 0.172 e. The van der Waals surface area contributed by atoms with Crippen LogP contribution in [0, 0.1) is 5.92 Å². The number of phenols is 1. The summed E-state index contributed by atoms with van der Waals surface area (Å²) in [6, 6.07) is 26.2. The second-order valence-corrected chi connectivity index (χ2v) is 13.1. The summed E-state index contributed by atoms with van der Waals surface area (Å²) >= 11 is 0. The number of phenolic OH excluding ortho intramolecular Hbond substituents is 1. The van der Waals surface area contributed by atoms with Crippen LogP contribution >= 0.6 is 0 Å². The van der Waals surface area contributed by atoms with E-state index in [0.717, 1.165) is 58.4 Å². The van der Waals surface area contributed by atoms with Crippen molar-refractivity contribution < 1.29 is 14.6 Å². The highest BCUT2D eigenvalue weighted by atomic mass is 16.7. The second kappa shape index (κ2) is 12.8. The molecule has 0 bridgehead atoms. The zero-order valence-electron chi connectivity index (χ0n) is 25.7. The number of hydrogen-bond acceptors (Lipinski definition) is 5. The van der Waals surface area contributed by atoms with Gasteiger partial charge < -0.3 is 24.4 Å². The van der Waals surface area contributed by atoms with E-state index in [-0.39, 0.29) is 12.0 Å². The molecule has 5 nitrogen and oxygen atoms in total. The number of aryl methyl sites for hydroxylation is 1. The van der Waals surface area contributed by atoms with E-state index in [9.17, 15) is 5.11 Å². The van der Waals surface area contributed by atoms with Gasteiger partial charge in [0.2, 0.25) is 0 Å². The largest absolute Gasteiger partial charge is 0.508 e. The van der Waals surface area contributed by atoms with Crippen LogP contribution in [0.4, 0.5) is 5.69 Å². The van der Waals surface area contributed by atoms with Crippen molar-refractivity contribution in [2.24, 2.45) is 5.92 Å². The summed E-state index contributed by atoms with van der Waals surface area (Å²) < 4.78 is 13.0. The normalized spacial score (nSPS) is 23.5. The summed E-state index contributed by atoms with van der Waals surface area (Å²) in [6.07, 6.45) is 5.21. The van der Waals surface area contributed by atoms with Crippen LogP contribution < -0.4 is 4.90 Å². The summed E-state index contributed by atoms with van der Waals surface area (Å²) in [5.74, 6) is 1.29. The van der Waals surface area contributed by atoms with Crippen molar-refractivity contribution in [1.82, 2.24) is 4.90 Å². The molecule has 2 fully saturated rings. The molecule has 3 atom stereocenters. The van der Waals surface area contributed by atoms with Crippen molar-refractivity contribution >= 4 is 5.69 Å². The highest BCUT2D eigenvalue weighted by Crippen LogP contribution is 2.47. The van der Waals surface area contributed by atoms with E-state index in [4.69, 9.17) is 9.47 Å². The fourth-order valence-corrected chi connectivity index (χ4v) is 7.62. The van der Waals surface area contributed by atoms with Crippen LogP contribution in [0.2, 0.25) is 0 Å². The molecule has 224 valence electrons. The lowest BCUT2D eigenvalue weighted by atomic mass is 9.69. The van der Waals surface area contributed by atoms with Crippen LogP contribution in [-0.2, 0) is 15.9 Å². The van der Waals surface area contributed by atoms with E-state index in [1.165, 1.54) is 34.4 Å². The maximum Gasteiger partial charge on any atom is 0.172 e. The molecule has 42 heavy (non-hydrogen) atoms. The maximum absolute atomic E-state index is 10.2. The third-order valence-electron chi connectivity index (χ3n) is 9.50. The molecule has 2 unspecified atom stereocenters. The molecule has 0 saturated carbocycles. The van der Waals surface area contributed by atoms with Crippen LogP contribution in [0.3, 0.4) is 0 Å². The van der Waals surface area contributed by atoms with Gasteiger partial charge in [0.05, 0.1) is 12.7 Å². The molecule has 3 aromatic carbocycles. The molecule has 2 aliphatic heterocycles. The first-order valence-corrected chi connectivity index (χ1v) is 16.2. The predicted molar refractivity (Wildman–Crippen MR) is 170 cm³/mol. The van der Waals surface area contributed by atoms with Crippen molar-refractivity contribution in [3.05, 3.63) is 95.1 Å². The molecule has 3 aromatic rings. The lowest BCUT2D eigenvalue weighted by Crippen LogP contribution is -2.46. The first-order valence-electron chi connectivity index (χ1n) is 16.2. The Labute approximate surface area is 252 Å². The average Bonchev–Trinajstić information content (AvgIpc) is 3.38. The average molecular weight is 569 g/mol. The van der Waals surface area contributed by atoms with E-state index in [1.807, 2.05) is 12.1 Å². The third kappa shape index (κ3) is 6.39. The van der Waals surface area contributed by atoms with Gasteiger partial charge in [0.1, 0.15) is 5.75 Å². The Balaban J connectivity index is 1.13. The first kappa shape index (κ1) is 29.2. The van der Waals surface area contributed by atoms with E-state index in [2.05, 4.69) is 91.2 Å². The Morgan fingerprint density at radius 1 is 0.976 bits per heavy atom. The van der Waals surface area contributed by atoms with Crippen molar-refractivity contribution in [1.29, 1.82) is 0 Å². The number of fused-ring (bicyclic) bond motifs is 1. The van der Waals surface area contributed by atoms with Gasteiger partial charge in [-0.1, -0.05) is 69.3 Å². The molecule has 1 aliphatic carbocycles. The van der Waals surface area contributed by atoms with Gasteiger partial charge in [0.15, 0.2) is 5.79 Å². The van der Waals surface area contributed by atoms with Crippen molar-refractivity contribution in [3.63, 3.8) is 0 Å². The Kier molecular flexibility index (Phi) is 8.90. The number of hydrogen-bond donors (Lipinski definition) is 1. The number of ether oxygens (including phenoxy) is 2. The summed E-state index contributed by atoms with van der Waals surface area (Å²) in [4.78, 5) is 5.03. The van der Waals surface area contributed by atoms with Gasteiger partial charge in [0.25, 0.3) is 0 Å². The summed E-state index contributed by atoms with van der Waals surface area (Å²) in [7, 11) is 0. The number of rotatable bonds is 9. The molecule has 5 heteroatoms. The van der Waals surface area contributed by atoms with Crippen LogP contribution in [0.25, 0.3) is 0 Å². The van der Waals surface area contributed by atoms with Gasteiger partial charge in [-0.2, -0.15) is 0 Å². The zero-order chi connectivity index (χ0) is 29.1. The lowest BCUT2D eigenvalue weighted by molar-refractivity contribution is -0.181. The summed E-state index contributed by atoms with van der Waals surface area (Å²) in [5.41, 5.74) is 6.62. The molecular formula is C37H48N2O3. The number of piperidine rings is 1.